The SMILES string of the molecule is CCOCC(=O)NCC(C)(O)c1ccc(C)o1. The number of amides is 1. The Morgan fingerprint density at radius 1 is 1.59 bits per heavy atom. The van der Waals surface area contributed by atoms with Crippen LogP contribution in [0.15, 0.2) is 16.5 Å². The lowest BCUT2D eigenvalue weighted by atomic mass is 10.0. The van der Waals surface area contributed by atoms with Crippen LogP contribution in [0.1, 0.15) is 25.4 Å². The first kappa shape index (κ1) is 13.7. The number of ether oxygens (including phenoxy) is 1. The molecule has 5 nitrogen and oxygen atoms in total. The van der Waals surface area contributed by atoms with Gasteiger partial charge in [-0.2, -0.15) is 0 Å². The number of rotatable bonds is 6. The maximum Gasteiger partial charge on any atom is 0.246 e. The number of hydrogen-bond donors (Lipinski definition) is 2. The smallest absolute Gasteiger partial charge is 0.246 e. The molecule has 96 valence electrons. The fourth-order valence-electron chi connectivity index (χ4n) is 1.33. The summed E-state index contributed by atoms with van der Waals surface area (Å²) in [6.07, 6.45) is 0. The number of aliphatic hydroxyl groups is 1. The van der Waals surface area contributed by atoms with Crippen molar-refractivity contribution in [2.75, 3.05) is 19.8 Å². The van der Waals surface area contributed by atoms with Crippen LogP contribution in [0.3, 0.4) is 0 Å². The fraction of sp³-hybridized carbons (Fsp3) is 0.583. The molecule has 0 radical (unpaired) electrons. The van der Waals surface area contributed by atoms with Crippen LogP contribution in [0, 0.1) is 6.92 Å². The van der Waals surface area contributed by atoms with E-state index in [1.807, 2.05) is 6.92 Å². The Hall–Kier alpha value is -1.33. The zero-order chi connectivity index (χ0) is 12.9. The van der Waals surface area contributed by atoms with Gasteiger partial charge in [0.15, 0.2) is 0 Å². The Kier molecular flexibility index (Phi) is 4.72. The van der Waals surface area contributed by atoms with Crippen molar-refractivity contribution < 1.29 is 19.1 Å². The normalized spacial score (nSPS) is 14.4. The molecule has 0 aliphatic carbocycles. The number of aryl methyl sites for hydroxylation is 1. The van der Waals surface area contributed by atoms with Gasteiger partial charge in [0.25, 0.3) is 0 Å². The molecular formula is C12H19NO4. The third-order valence-electron chi connectivity index (χ3n) is 2.34. The van der Waals surface area contributed by atoms with Crippen LogP contribution in [0.4, 0.5) is 0 Å². The molecule has 2 N–H and O–H groups in total. The molecule has 5 heteroatoms. The first-order valence-corrected chi connectivity index (χ1v) is 5.59. The summed E-state index contributed by atoms with van der Waals surface area (Å²) in [7, 11) is 0. The number of carbonyl (C=O) groups is 1. The number of nitrogens with one attached hydrogen (secondary N) is 1. The molecule has 0 aliphatic rings. The Morgan fingerprint density at radius 2 is 2.29 bits per heavy atom. The summed E-state index contributed by atoms with van der Waals surface area (Å²) < 4.78 is 10.3. The van der Waals surface area contributed by atoms with Crippen molar-refractivity contribution in [1.29, 1.82) is 0 Å². The van der Waals surface area contributed by atoms with Crippen LogP contribution >= 0.6 is 0 Å². The van der Waals surface area contributed by atoms with Crippen LogP contribution in [-0.4, -0.2) is 30.8 Å². The van der Waals surface area contributed by atoms with Crippen molar-refractivity contribution in [1.82, 2.24) is 5.32 Å². The molecule has 0 aliphatic heterocycles. The van der Waals surface area contributed by atoms with E-state index in [4.69, 9.17) is 9.15 Å². The summed E-state index contributed by atoms with van der Waals surface area (Å²) in [5, 5.41) is 12.7. The molecule has 1 aromatic heterocycles. The molecule has 1 atom stereocenters. The van der Waals surface area contributed by atoms with Gasteiger partial charge >= 0.3 is 0 Å². The Morgan fingerprint density at radius 3 is 2.82 bits per heavy atom. The van der Waals surface area contributed by atoms with E-state index in [-0.39, 0.29) is 19.1 Å². The Labute approximate surface area is 101 Å². The summed E-state index contributed by atoms with van der Waals surface area (Å²) in [6, 6.07) is 3.47. The molecule has 1 rings (SSSR count). The van der Waals surface area contributed by atoms with E-state index in [0.29, 0.717) is 12.4 Å². The second-order valence-corrected chi connectivity index (χ2v) is 4.10. The van der Waals surface area contributed by atoms with Crippen LogP contribution in [0.2, 0.25) is 0 Å². The van der Waals surface area contributed by atoms with E-state index in [0.717, 1.165) is 5.76 Å². The first-order valence-electron chi connectivity index (χ1n) is 5.59. The number of hydrogen-bond acceptors (Lipinski definition) is 4. The van der Waals surface area contributed by atoms with E-state index in [1.54, 1.807) is 26.0 Å². The van der Waals surface area contributed by atoms with Gasteiger partial charge in [0.05, 0.1) is 6.54 Å². The predicted octanol–water partition coefficient (Wildman–Crippen LogP) is 0.948. The lowest BCUT2D eigenvalue weighted by Gasteiger charge is -2.21. The average Bonchev–Trinajstić information content (AvgIpc) is 2.71. The van der Waals surface area contributed by atoms with Gasteiger partial charge in [-0.1, -0.05) is 0 Å². The molecule has 1 aromatic rings. The molecule has 0 saturated heterocycles. The van der Waals surface area contributed by atoms with Crippen molar-refractivity contribution in [3.05, 3.63) is 23.7 Å². The molecule has 1 unspecified atom stereocenters. The van der Waals surface area contributed by atoms with Gasteiger partial charge in [0.1, 0.15) is 23.7 Å². The second kappa shape index (κ2) is 5.84. The molecule has 0 saturated carbocycles. The first-order chi connectivity index (χ1) is 7.95. The zero-order valence-electron chi connectivity index (χ0n) is 10.4. The minimum atomic E-state index is -1.21. The minimum absolute atomic E-state index is 0.00373. The van der Waals surface area contributed by atoms with Crippen LogP contribution < -0.4 is 5.32 Å². The summed E-state index contributed by atoms with van der Waals surface area (Å²) in [5.41, 5.74) is -1.21. The van der Waals surface area contributed by atoms with Crippen molar-refractivity contribution in [2.24, 2.45) is 0 Å². The van der Waals surface area contributed by atoms with Gasteiger partial charge in [0, 0.05) is 6.61 Å². The molecule has 0 fully saturated rings. The predicted molar refractivity (Wildman–Crippen MR) is 62.5 cm³/mol. The van der Waals surface area contributed by atoms with Gasteiger partial charge < -0.3 is 19.6 Å². The summed E-state index contributed by atoms with van der Waals surface area (Å²) in [6.45, 7) is 5.78. The molecule has 17 heavy (non-hydrogen) atoms. The second-order valence-electron chi connectivity index (χ2n) is 4.10. The van der Waals surface area contributed by atoms with Crippen LogP contribution in [-0.2, 0) is 15.1 Å². The average molecular weight is 241 g/mol. The summed E-state index contributed by atoms with van der Waals surface area (Å²) in [5.74, 6) is 0.906. The third kappa shape index (κ3) is 4.20. The van der Waals surface area contributed by atoms with Crippen molar-refractivity contribution in [2.45, 2.75) is 26.4 Å². The van der Waals surface area contributed by atoms with Gasteiger partial charge in [-0.3, -0.25) is 4.79 Å². The van der Waals surface area contributed by atoms with Crippen LogP contribution in [0.5, 0.6) is 0 Å². The van der Waals surface area contributed by atoms with Gasteiger partial charge in [-0.25, -0.2) is 0 Å². The molecule has 0 aromatic carbocycles. The van der Waals surface area contributed by atoms with Gasteiger partial charge in [0.2, 0.25) is 5.91 Å². The lowest BCUT2D eigenvalue weighted by Crippen LogP contribution is -2.39. The van der Waals surface area contributed by atoms with Gasteiger partial charge in [-0.15, -0.1) is 0 Å². The molecule has 0 bridgehead atoms. The van der Waals surface area contributed by atoms with E-state index in [9.17, 15) is 9.90 Å². The highest BCUT2D eigenvalue weighted by Gasteiger charge is 2.27. The highest BCUT2D eigenvalue weighted by Crippen LogP contribution is 2.21. The van der Waals surface area contributed by atoms with Crippen LogP contribution in [0.25, 0.3) is 0 Å². The van der Waals surface area contributed by atoms with Gasteiger partial charge in [-0.05, 0) is 32.9 Å². The lowest BCUT2D eigenvalue weighted by molar-refractivity contribution is -0.126. The largest absolute Gasteiger partial charge is 0.463 e. The van der Waals surface area contributed by atoms with E-state index >= 15 is 0 Å². The fourth-order valence-corrected chi connectivity index (χ4v) is 1.33. The zero-order valence-corrected chi connectivity index (χ0v) is 10.4. The standard InChI is InChI=1S/C12H19NO4/c1-4-16-7-11(14)13-8-12(3,15)10-6-5-9(2)17-10/h5-6,15H,4,7-8H2,1-3H3,(H,13,14). The van der Waals surface area contributed by atoms with Crippen molar-refractivity contribution in [3.8, 4) is 0 Å². The highest BCUT2D eigenvalue weighted by atomic mass is 16.5. The van der Waals surface area contributed by atoms with Crippen molar-refractivity contribution >= 4 is 5.91 Å². The Balaban J connectivity index is 2.47. The maximum absolute atomic E-state index is 11.3. The van der Waals surface area contributed by atoms with E-state index in [1.165, 1.54) is 0 Å². The topological polar surface area (TPSA) is 71.7 Å². The van der Waals surface area contributed by atoms with E-state index in [2.05, 4.69) is 5.32 Å². The number of carbonyl (C=O) groups excluding carboxylic acids is 1. The third-order valence-corrected chi connectivity index (χ3v) is 2.34. The minimum Gasteiger partial charge on any atom is -0.463 e. The van der Waals surface area contributed by atoms with E-state index < -0.39 is 5.60 Å². The Bertz CT molecular complexity index is 370. The molecule has 0 spiro atoms. The quantitative estimate of drug-likeness (QED) is 0.777. The molecular weight excluding hydrogens is 222 g/mol. The molecule has 1 amide bonds. The molecule has 1 heterocycles. The van der Waals surface area contributed by atoms with Crippen molar-refractivity contribution in [3.63, 3.8) is 0 Å². The maximum atomic E-state index is 11.3. The highest BCUT2D eigenvalue weighted by molar-refractivity contribution is 5.77. The monoisotopic (exact) mass is 241 g/mol. The summed E-state index contributed by atoms with van der Waals surface area (Å²) in [4.78, 5) is 11.3. The number of furan rings is 1. The summed E-state index contributed by atoms with van der Waals surface area (Å²) >= 11 is 0.